The lowest BCUT2D eigenvalue weighted by molar-refractivity contribution is -0.135. The summed E-state index contributed by atoms with van der Waals surface area (Å²) in [6.45, 7) is 4.21. The predicted molar refractivity (Wildman–Crippen MR) is 86.8 cm³/mol. The number of amides is 2. The van der Waals surface area contributed by atoms with Crippen molar-refractivity contribution >= 4 is 17.5 Å². The molecule has 1 aromatic rings. The lowest BCUT2D eigenvalue weighted by Crippen LogP contribution is -2.46. The largest absolute Gasteiger partial charge is 0.495 e. The van der Waals surface area contributed by atoms with Crippen LogP contribution in [-0.2, 0) is 9.59 Å². The van der Waals surface area contributed by atoms with E-state index in [2.05, 4.69) is 5.32 Å². The molecular formula is C16H25N3O3. The van der Waals surface area contributed by atoms with Gasteiger partial charge in [0.25, 0.3) is 0 Å². The predicted octanol–water partition coefficient (Wildman–Crippen LogP) is 1.61. The molecule has 0 aliphatic rings. The summed E-state index contributed by atoms with van der Waals surface area (Å²) in [6.07, 6.45) is 1.45. The molecule has 6 nitrogen and oxygen atoms in total. The Morgan fingerprint density at radius 3 is 2.59 bits per heavy atom. The first-order valence-electron chi connectivity index (χ1n) is 7.50. The van der Waals surface area contributed by atoms with E-state index >= 15 is 0 Å². The van der Waals surface area contributed by atoms with Gasteiger partial charge in [0.15, 0.2) is 0 Å². The van der Waals surface area contributed by atoms with Crippen molar-refractivity contribution in [2.45, 2.75) is 32.7 Å². The highest BCUT2D eigenvalue weighted by Gasteiger charge is 2.21. The minimum Gasteiger partial charge on any atom is -0.495 e. The Balaban J connectivity index is 2.67. The van der Waals surface area contributed by atoms with Crippen molar-refractivity contribution in [3.63, 3.8) is 0 Å². The summed E-state index contributed by atoms with van der Waals surface area (Å²) in [5.41, 5.74) is 6.42. The van der Waals surface area contributed by atoms with Crippen molar-refractivity contribution in [3.05, 3.63) is 24.3 Å². The molecule has 0 saturated carbocycles. The van der Waals surface area contributed by atoms with Crippen LogP contribution < -0.4 is 15.8 Å². The van der Waals surface area contributed by atoms with E-state index in [4.69, 9.17) is 10.5 Å². The van der Waals surface area contributed by atoms with Gasteiger partial charge in [-0.2, -0.15) is 0 Å². The fourth-order valence-corrected chi connectivity index (χ4v) is 2.13. The molecule has 0 aromatic heterocycles. The Labute approximate surface area is 131 Å². The Bertz CT molecular complexity index is 505. The highest BCUT2D eigenvalue weighted by atomic mass is 16.5. The molecule has 0 saturated heterocycles. The number of anilines is 1. The van der Waals surface area contributed by atoms with Crippen molar-refractivity contribution in [2.24, 2.45) is 5.73 Å². The highest BCUT2D eigenvalue weighted by molar-refractivity contribution is 5.96. The highest BCUT2D eigenvalue weighted by Crippen LogP contribution is 2.22. The third-order valence-electron chi connectivity index (χ3n) is 3.33. The number of benzene rings is 1. The van der Waals surface area contributed by atoms with Gasteiger partial charge in [-0.3, -0.25) is 9.59 Å². The van der Waals surface area contributed by atoms with Gasteiger partial charge in [-0.15, -0.1) is 0 Å². The van der Waals surface area contributed by atoms with Gasteiger partial charge in [0.1, 0.15) is 5.75 Å². The van der Waals surface area contributed by atoms with Crippen LogP contribution in [0.15, 0.2) is 24.3 Å². The second kappa shape index (κ2) is 9.04. The molecular weight excluding hydrogens is 282 g/mol. The van der Waals surface area contributed by atoms with Crippen LogP contribution in [0.3, 0.4) is 0 Å². The Morgan fingerprint density at radius 1 is 1.32 bits per heavy atom. The first-order chi connectivity index (χ1) is 10.5. The number of hydrogen-bond acceptors (Lipinski definition) is 4. The maximum atomic E-state index is 12.2. The fraction of sp³-hybridized carbons (Fsp3) is 0.500. The first kappa shape index (κ1) is 18.0. The van der Waals surface area contributed by atoms with E-state index in [1.165, 1.54) is 12.0 Å². The average molecular weight is 307 g/mol. The third kappa shape index (κ3) is 5.04. The molecule has 2 amide bonds. The number of nitrogens with one attached hydrogen (secondary N) is 1. The topological polar surface area (TPSA) is 84.7 Å². The number of nitrogens with two attached hydrogens (primary N) is 1. The van der Waals surface area contributed by atoms with E-state index in [1.807, 2.05) is 19.9 Å². The van der Waals surface area contributed by atoms with Gasteiger partial charge in [0, 0.05) is 6.54 Å². The van der Waals surface area contributed by atoms with Gasteiger partial charge < -0.3 is 20.7 Å². The van der Waals surface area contributed by atoms with Gasteiger partial charge in [-0.05, 0) is 25.5 Å². The molecule has 0 spiro atoms. The fourth-order valence-electron chi connectivity index (χ4n) is 2.13. The van der Waals surface area contributed by atoms with Crippen molar-refractivity contribution in [1.82, 2.24) is 4.90 Å². The lowest BCUT2D eigenvalue weighted by atomic mass is 10.1. The first-order valence-corrected chi connectivity index (χ1v) is 7.50. The molecule has 122 valence electrons. The van der Waals surface area contributed by atoms with Crippen LogP contribution in [0.2, 0.25) is 0 Å². The van der Waals surface area contributed by atoms with E-state index in [0.717, 1.165) is 6.42 Å². The standard InChI is InChI=1S/C16H25N3O3/c1-4-8-12(17)16(21)19(5-2)11-15(20)18-13-9-6-7-10-14(13)22-3/h6-7,9-10,12H,4-5,8,11,17H2,1-3H3,(H,18,20). The zero-order chi connectivity index (χ0) is 16.5. The van der Waals surface area contributed by atoms with Crippen molar-refractivity contribution in [1.29, 1.82) is 0 Å². The van der Waals surface area contributed by atoms with Crippen molar-refractivity contribution in [3.8, 4) is 5.75 Å². The van der Waals surface area contributed by atoms with Crippen LogP contribution >= 0.6 is 0 Å². The number of nitrogens with zero attached hydrogens (tertiary/aromatic N) is 1. The van der Waals surface area contributed by atoms with E-state index in [9.17, 15) is 9.59 Å². The average Bonchev–Trinajstić information content (AvgIpc) is 2.52. The molecule has 22 heavy (non-hydrogen) atoms. The van der Waals surface area contributed by atoms with Crippen molar-refractivity contribution < 1.29 is 14.3 Å². The van der Waals surface area contributed by atoms with Crippen LogP contribution in [0.25, 0.3) is 0 Å². The monoisotopic (exact) mass is 307 g/mol. The summed E-state index contributed by atoms with van der Waals surface area (Å²) in [5.74, 6) is 0.107. The third-order valence-corrected chi connectivity index (χ3v) is 3.33. The van der Waals surface area contributed by atoms with Gasteiger partial charge in [0.05, 0.1) is 25.4 Å². The quantitative estimate of drug-likeness (QED) is 0.764. The minimum absolute atomic E-state index is 0.0230. The molecule has 6 heteroatoms. The van der Waals surface area contributed by atoms with Crippen LogP contribution in [0.4, 0.5) is 5.69 Å². The second-order valence-electron chi connectivity index (χ2n) is 5.00. The number of para-hydroxylation sites is 2. The molecule has 0 heterocycles. The molecule has 0 radical (unpaired) electrons. The molecule has 0 aliphatic heterocycles. The molecule has 0 aliphatic carbocycles. The van der Waals surface area contributed by atoms with E-state index < -0.39 is 6.04 Å². The number of ether oxygens (including phenoxy) is 1. The maximum Gasteiger partial charge on any atom is 0.244 e. The zero-order valence-corrected chi connectivity index (χ0v) is 13.5. The van der Waals surface area contributed by atoms with Crippen LogP contribution in [0, 0.1) is 0 Å². The van der Waals surface area contributed by atoms with E-state index in [-0.39, 0.29) is 18.4 Å². The minimum atomic E-state index is -0.552. The number of methoxy groups -OCH3 is 1. The van der Waals surface area contributed by atoms with Crippen LogP contribution in [0.1, 0.15) is 26.7 Å². The van der Waals surface area contributed by atoms with Crippen LogP contribution in [0.5, 0.6) is 5.75 Å². The smallest absolute Gasteiger partial charge is 0.244 e. The number of carbonyl (C=O) groups is 2. The molecule has 0 fully saturated rings. The molecule has 0 bridgehead atoms. The van der Waals surface area contributed by atoms with E-state index in [0.29, 0.717) is 24.4 Å². The SMILES string of the molecule is CCCC(N)C(=O)N(CC)CC(=O)Nc1ccccc1OC. The van der Waals surface area contributed by atoms with Gasteiger partial charge >= 0.3 is 0 Å². The number of likely N-dealkylation sites (N-methyl/N-ethyl adjacent to an activating group) is 1. The Hall–Kier alpha value is -2.08. The second-order valence-corrected chi connectivity index (χ2v) is 5.00. The Morgan fingerprint density at radius 2 is 2.00 bits per heavy atom. The Kier molecular flexibility index (Phi) is 7.39. The normalized spacial score (nSPS) is 11.6. The van der Waals surface area contributed by atoms with Crippen molar-refractivity contribution in [2.75, 3.05) is 25.5 Å². The van der Waals surface area contributed by atoms with E-state index in [1.54, 1.807) is 18.2 Å². The lowest BCUT2D eigenvalue weighted by Gasteiger charge is -2.23. The summed E-state index contributed by atoms with van der Waals surface area (Å²) in [5, 5.41) is 2.75. The van der Waals surface area contributed by atoms with Gasteiger partial charge in [0.2, 0.25) is 11.8 Å². The number of rotatable bonds is 8. The molecule has 1 unspecified atom stereocenters. The van der Waals surface area contributed by atoms with Crippen LogP contribution in [-0.4, -0.2) is 43.0 Å². The number of carbonyl (C=O) groups excluding carboxylic acids is 2. The summed E-state index contributed by atoms with van der Waals surface area (Å²) >= 11 is 0. The van der Waals surface area contributed by atoms with Gasteiger partial charge in [-0.25, -0.2) is 0 Å². The summed E-state index contributed by atoms with van der Waals surface area (Å²) < 4.78 is 5.18. The number of hydrogen-bond donors (Lipinski definition) is 2. The summed E-state index contributed by atoms with van der Waals surface area (Å²) in [6, 6.07) is 6.58. The maximum absolute atomic E-state index is 12.2. The molecule has 3 N–H and O–H groups in total. The molecule has 1 atom stereocenters. The molecule has 1 aromatic carbocycles. The molecule has 1 rings (SSSR count). The zero-order valence-electron chi connectivity index (χ0n) is 13.5. The summed E-state index contributed by atoms with van der Waals surface area (Å²) in [7, 11) is 1.54. The summed E-state index contributed by atoms with van der Waals surface area (Å²) in [4.78, 5) is 25.8. The van der Waals surface area contributed by atoms with Gasteiger partial charge in [-0.1, -0.05) is 25.5 Å².